The highest BCUT2D eigenvalue weighted by Gasteiger charge is 2.40. The predicted octanol–water partition coefficient (Wildman–Crippen LogP) is 4.44. The minimum atomic E-state index is -4.56. The van der Waals surface area contributed by atoms with Gasteiger partial charge in [0.2, 0.25) is 5.91 Å². The zero-order valence-electron chi connectivity index (χ0n) is 16.9. The molecule has 0 spiro atoms. The molecule has 166 valence electrons. The number of halogens is 4. The fraction of sp³-hybridized carbons (Fsp3) is 0.400. The van der Waals surface area contributed by atoms with Crippen molar-refractivity contribution in [3.05, 3.63) is 47.5 Å². The molecule has 11 heteroatoms. The Balaban J connectivity index is 1.75. The summed E-state index contributed by atoms with van der Waals surface area (Å²) in [4.78, 5) is 35.6. The lowest BCUT2D eigenvalue weighted by Gasteiger charge is -2.23. The first kappa shape index (κ1) is 22.8. The van der Waals surface area contributed by atoms with Gasteiger partial charge in [-0.2, -0.15) is 13.2 Å². The SMILES string of the molecule is CC(C)C[C@H]1CN(c2ccc(C(F)(F)F)nc2)C(=O)N1CC(=O)Nc1ccc(Cl)nc1. The van der Waals surface area contributed by atoms with Gasteiger partial charge in [0.25, 0.3) is 0 Å². The summed E-state index contributed by atoms with van der Waals surface area (Å²) < 4.78 is 38.3. The van der Waals surface area contributed by atoms with E-state index in [0.717, 1.165) is 12.3 Å². The van der Waals surface area contributed by atoms with Crippen molar-refractivity contribution in [1.82, 2.24) is 14.9 Å². The summed E-state index contributed by atoms with van der Waals surface area (Å²) >= 11 is 5.73. The van der Waals surface area contributed by atoms with Crippen LogP contribution in [-0.4, -0.2) is 45.9 Å². The van der Waals surface area contributed by atoms with E-state index in [0.29, 0.717) is 12.1 Å². The lowest BCUT2D eigenvalue weighted by molar-refractivity contribution is -0.141. The first-order valence-corrected chi connectivity index (χ1v) is 9.95. The molecule has 3 amide bonds. The number of rotatable bonds is 6. The van der Waals surface area contributed by atoms with Crippen molar-refractivity contribution in [3.8, 4) is 0 Å². The van der Waals surface area contributed by atoms with E-state index in [9.17, 15) is 22.8 Å². The Kier molecular flexibility index (Phi) is 6.68. The van der Waals surface area contributed by atoms with Crippen molar-refractivity contribution in [3.63, 3.8) is 0 Å². The minimum Gasteiger partial charge on any atom is -0.323 e. The van der Waals surface area contributed by atoms with E-state index in [1.54, 1.807) is 6.07 Å². The number of hydrogen-bond acceptors (Lipinski definition) is 4. The van der Waals surface area contributed by atoms with Gasteiger partial charge in [-0.25, -0.2) is 14.8 Å². The van der Waals surface area contributed by atoms with Crippen molar-refractivity contribution in [1.29, 1.82) is 0 Å². The second kappa shape index (κ2) is 9.09. The molecule has 1 atom stereocenters. The van der Waals surface area contributed by atoms with Crippen molar-refractivity contribution in [2.24, 2.45) is 5.92 Å². The standard InChI is InChI=1S/C20H21ClF3N5O2/c1-12(2)7-15-10-28(14-4-5-16(25-9-14)20(22,23)24)19(31)29(15)11-18(30)27-13-3-6-17(21)26-8-13/h3-6,8-9,12,15H,7,10-11H2,1-2H3,(H,27,30)/t15-/m0/s1. The number of anilines is 2. The largest absolute Gasteiger partial charge is 0.433 e. The summed E-state index contributed by atoms with van der Waals surface area (Å²) in [5.41, 5.74) is -0.351. The minimum absolute atomic E-state index is 0.205. The van der Waals surface area contributed by atoms with Gasteiger partial charge in [0.15, 0.2) is 0 Å². The Hall–Kier alpha value is -2.88. The number of aromatic nitrogens is 2. The number of pyridine rings is 2. The Bertz CT molecular complexity index is 935. The average Bonchev–Trinajstić information content (AvgIpc) is 2.98. The van der Waals surface area contributed by atoms with Crippen molar-refractivity contribution >= 4 is 34.9 Å². The van der Waals surface area contributed by atoms with Crippen molar-refractivity contribution in [2.75, 3.05) is 23.3 Å². The molecular weight excluding hydrogens is 435 g/mol. The number of alkyl halides is 3. The number of urea groups is 1. The quantitative estimate of drug-likeness (QED) is 0.653. The predicted molar refractivity (Wildman–Crippen MR) is 110 cm³/mol. The highest BCUT2D eigenvalue weighted by molar-refractivity contribution is 6.29. The second-order valence-corrected chi connectivity index (χ2v) is 8.01. The molecule has 0 unspecified atom stereocenters. The van der Waals surface area contributed by atoms with Gasteiger partial charge < -0.3 is 10.2 Å². The molecule has 0 aliphatic carbocycles. The Morgan fingerprint density at radius 1 is 1.23 bits per heavy atom. The topological polar surface area (TPSA) is 78.4 Å². The monoisotopic (exact) mass is 455 g/mol. The van der Waals surface area contributed by atoms with E-state index in [1.807, 2.05) is 13.8 Å². The van der Waals surface area contributed by atoms with E-state index >= 15 is 0 Å². The summed E-state index contributed by atoms with van der Waals surface area (Å²) in [6.07, 6.45) is -1.51. The Morgan fingerprint density at radius 2 is 1.97 bits per heavy atom. The van der Waals surface area contributed by atoms with Crippen LogP contribution in [0.5, 0.6) is 0 Å². The fourth-order valence-corrected chi connectivity index (χ4v) is 3.49. The summed E-state index contributed by atoms with van der Waals surface area (Å²) in [5.74, 6) is -0.173. The smallest absolute Gasteiger partial charge is 0.323 e. The molecule has 2 aromatic heterocycles. The third-order valence-corrected chi connectivity index (χ3v) is 4.95. The van der Waals surface area contributed by atoms with Crippen LogP contribution in [0.1, 0.15) is 26.0 Å². The van der Waals surface area contributed by atoms with Crippen molar-refractivity contribution < 1.29 is 22.8 Å². The Morgan fingerprint density at radius 3 is 2.52 bits per heavy atom. The Labute approximate surface area is 182 Å². The summed E-state index contributed by atoms with van der Waals surface area (Å²) in [5, 5.41) is 2.94. The first-order valence-electron chi connectivity index (χ1n) is 9.57. The van der Waals surface area contributed by atoms with Gasteiger partial charge >= 0.3 is 12.2 Å². The zero-order chi connectivity index (χ0) is 22.8. The van der Waals surface area contributed by atoms with Crippen LogP contribution in [0.4, 0.5) is 29.3 Å². The molecule has 3 rings (SSSR count). The second-order valence-electron chi connectivity index (χ2n) is 7.62. The molecule has 0 bridgehead atoms. The highest BCUT2D eigenvalue weighted by atomic mass is 35.5. The fourth-order valence-electron chi connectivity index (χ4n) is 3.38. The molecule has 0 aromatic carbocycles. The van der Waals surface area contributed by atoms with Gasteiger partial charge in [0, 0.05) is 6.54 Å². The van der Waals surface area contributed by atoms with Gasteiger partial charge in [-0.1, -0.05) is 25.4 Å². The molecule has 1 saturated heterocycles. The maximum atomic E-state index is 13.0. The molecule has 7 nitrogen and oxygen atoms in total. The number of carbonyl (C=O) groups is 2. The average molecular weight is 456 g/mol. The molecule has 1 aliphatic rings. The van der Waals surface area contributed by atoms with E-state index in [2.05, 4.69) is 15.3 Å². The number of carbonyl (C=O) groups excluding carboxylic acids is 2. The lowest BCUT2D eigenvalue weighted by Crippen LogP contribution is -2.41. The molecule has 2 aromatic rings. The molecule has 3 heterocycles. The van der Waals surface area contributed by atoms with E-state index in [4.69, 9.17) is 11.6 Å². The molecule has 0 saturated carbocycles. The van der Waals surface area contributed by atoms with E-state index in [-0.39, 0.29) is 35.9 Å². The highest BCUT2D eigenvalue weighted by Crippen LogP contribution is 2.31. The van der Waals surface area contributed by atoms with Crippen LogP contribution >= 0.6 is 11.6 Å². The molecule has 31 heavy (non-hydrogen) atoms. The third-order valence-electron chi connectivity index (χ3n) is 4.73. The van der Waals surface area contributed by atoms with Gasteiger partial charge in [-0.15, -0.1) is 0 Å². The van der Waals surface area contributed by atoms with Gasteiger partial charge in [-0.3, -0.25) is 9.69 Å². The van der Waals surface area contributed by atoms with Crippen LogP contribution in [0.15, 0.2) is 36.7 Å². The van der Waals surface area contributed by atoms with Gasteiger partial charge in [-0.05, 0) is 36.6 Å². The molecule has 1 N–H and O–H groups in total. The van der Waals surface area contributed by atoms with Crippen LogP contribution in [-0.2, 0) is 11.0 Å². The van der Waals surface area contributed by atoms with Crippen LogP contribution in [0.3, 0.4) is 0 Å². The molecule has 0 radical (unpaired) electrons. The van der Waals surface area contributed by atoms with Crippen LogP contribution in [0.25, 0.3) is 0 Å². The van der Waals surface area contributed by atoms with Gasteiger partial charge in [0.05, 0.1) is 29.8 Å². The van der Waals surface area contributed by atoms with Crippen LogP contribution in [0.2, 0.25) is 5.15 Å². The molecule has 1 fully saturated rings. The van der Waals surface area contributed by atoms with Crippen LogP contribution < -0.4 is 10.2 Å². The van der Waals surface area contributed by atoms with E-state index < -0.39 is 23.8 Å². The third kappa shape index (κ3) is 5.63. The first-order chi connectivity index (χ1) is 14.5. The number of nitrogens with zero attached hydrogens (tertiary/aromatic N) is 4. The maximum Gasteiger partial charge on any atom is 0.433 e. The summed E-state index contributed by atoms with van der Waals surface area (Å²) in [6.45, 7) is 4.03. The van der Waals surface area contributed by atoms with Gasteiger partial charge in [0.1, 0.15) is 17.4 Å². The zero-order valence-corrected chi connectivity index (χ0v) is 17.6. The number of amides is 3. The number of hydrogen-bond donors (Lipinski definition) is 1. The molecular formula is C20H21ClF3N5O2. The molecule has 1 aliphatic heterocycles. The van der Waals surface area contributed by atoms with E-state index in [1.165, 1.54) is 28.1 Å². The lowest BCUT2D eigenvalue weighted by atomic mass is 10.0. The van der Waals surface area contributed by atoms with Crippen molar-refractivity contribution in [2.45, 2.75) is 32.5 Å². The normalized spacial score (nSPS) is 16.9. The summed E-state index contributed by atoms with van der Waals surface area (Å²) in [6, 6.07) is 4.43. The number of nitrogens with one attached hydrogen (secondary N) is 1. The summed E-state index contributed by atoms with van der Waals surface area (Å²) in [7, 11) is 0. The maximum absolute atomic E-state index is 13.0. The van der Waals surface area contributed by atoms with Crippen LogP contribution in [0, 0.1) is 5.92 Å².